The Balaban J connectivity index is 1.04. The van der Waals surface area contributed by atoms with E-state index in [4.69, 9.17) is 14.5 Å². The standard InChI is InChI=1S/C43H50N10O7/c1-22(2)35(49-42(57)59-5)39(54)51-15-7-9-32(51)37-44-20-29(46-37)24-12-14-31-26(17-24)19-34-27-13-11-25(18-28(27)48-41(56)53(31)34)30-21-45-38(47-30)33-10-8-16-52(33)40(55)36(23(3)4)50-43(58)60-6/h11-14,17-23,32-33,35-36H,7-10,15-16H2,1-6H3,(H,44,46)(H,45,47)(H,48,56)(H,49,57)(H,50,58)/t32-,33?,35-,36-/m0/s1. The average molecular weight is 819 g/mol. The zero-order valence-corrected chi connectivity index (χ0v) is 34.5. The summed E-state index contributed by atoms with van der Waals surface area (Å²) < 4.78 is 11.2. The van der Waals surface area contributed by atoms with Crippen LogP contribution in [-0.4, -0.2) is 103 Å². The zero-order chi connectivity index (χ0) is 42.4. The van der Waals surface area contributed by atoms with E-state index >= 15 is 0 Å². The van der Waals surface area contributed by atoms with Gasteiger partial charge in [0.15, 0.2) is 0 Å². The van der Waals surface area contributed by atoms with Crippen LogP contribution < -0.4 is 16.3 Å². The Labute approximate surface area is 345 Å². The van der Waals surface area contributed by atoms with Gasteiger partial charge in [0, 0.05) is 35.0 Å². The van der Waals surface area contributed by atoms with Crippen LogP contribution in [0.4, 0.5) is 9.59 Å². The van der Waals surface area contributed by atoms with Crippen LogP contribution in [0, 0.1) is 11.8 Å². The van der Waals surface area contributed by atoms with Crippen LogP contribution in [0.25, 0.3) is 49.8 Å². The van der Waals surface area contributed by atoms with Gasteiger partial charge in [-0.1, -0.05) is 45.9 Å². The number of fused-ring (bicyclic) bond motifs is 5. The molecule has 5 N–H and O–H groups in total. The van der Waals surface area contributed by atoms with Crippen molar-refractivity contribution >= 4 is 51.3 Å². The highest BCUT2D eigenvalue weighted by molar-refractivity contribution is 6.02. The molecule has 2 aromatic carbocycles. The first-order valence-electron chi connectivity index (χ1n) is 20.4. The summed E-state index contributed by atoms with van der Waals surface area (Å²) in [6.45, 7) is 8.64. The quantitative estimate of drug-likeness (QED) is 0.113. The zero-order valence-electron chi connectivity index (χ0n) is 34.5. The molecular formula is C43H50N10O7. The fourth-order valence-corrected chi connectivity index (χ4v) is 8.70. The number of carbonyl (C=O) groups excluding carboxylic acids is 4. The minimum Gasteiger partial charge on any atom is -0.453 e. The molecule has 2 fully saturated rings. The van der Waals surface area contributed by atoms with Crippen molar-refractivity contribution in [1.29, 1.82) is 0 Å². The number of alkyl carbamates (subject to hydrolysis) is 2. The van der Waals surface area contributed by atoms with Gasteiger partial charge in [-0.25, -0.2) is 24.4 Å². The third-order valence-corrected chi connectivity index (χ3v) is 11.8. The van der Waals surface area contributed by atoms with Gasteiger partial charge in [0.1, 0.15) is 23.7 Å². The van der Waals surface area contributed by atoms with Crippen molar-refractivity contribution < 1.29 is 28.7 Å². The lowest BCUT2D eigenvalue weighted by molar-refractivity contribution is -0.136. The fraction of sp³-hybridized carbons (Fsp3) is 0.419. The van der Waals surface area contributed by atoms with Crippen LogP contribution in [-0.2, 0) is 19.1 Å². The molecule has 6 aromatic rings. The number of imidazole rings is 2. The first kappa shape index (κ1) is 40.1. The second-order valence-electron chi connectivity index (χ2n) is 16.3. The molecule has 0 spiro atoms. The minimum atomic E-state index is -0.730. The van der Waals surface area contributed by atoms with Crippen LogP contribution in [0.2, 0.25) is 0 Å². The number of likely N-dealkylation sites (tertiary alicyclic amines) is 2. The van der Waals surface area contributed by atoms with Crippen LogP contribution in [0.15, 0.2) is 59.7 Å². The van der Waals surface area contributed by atoms with Crippen LogP contribution >= 0.6 is 0 Å². The van der Waals surface area contributed by atoms with Crippen molar-refractivity contribution in [2.45, 2.75) is 77.5 Å². The SMILES string of the molecule is COC(=O)N[C@H](C(=O)N1CCCC1c1ncc(-c2ccc3c(c2)[nH]c(=O)n2c4ccc(-c5cnc([C@@H]6CCCN6C(=O)[C@@H](NC(=O)OC)C(C)C)[nH]5)cc4cc32)[nH]1)C(C)C. The number of amides is 4. The number of methoxy groups -OCH3 is 2. The molecular weight excluding hydrogens is 769 g/mol. The molecule has 2 aliphatic heterocycles. The Hall–Kier alpha value is -6.65. The smallest absolute Gasteiger partial charge is 0.407 e. The van der Waals surface area contributed by atoms with Gasteiger partial charge < -0.3 is 44.9 Å². The van der Waals surface area contributed by atoms with Gasteiger partial charge in [-0.05, 0) is 61.8 Å². The van der Waals surface area contributed by atoms with Gasteiger partial charge in [0.2, 0.25) is 11.8 Å². The highest BCUT2D eigenvalue weighted by Crippen LogP contribution is 2.36. The van der Waals surface area contributed by atoms with E-state index in [0.717, 1.165) is 70.0 Å². The van der Waals surface area contributed by atoms with Crippen molar-refractivity contribution in [3.63, 3.8) is 0 Å². The summed E-state index contributed by atoms with van der Waals surface area (Å²) in [7, 11) is 2.55. The molecule has 0 radical (unpaired) electrons. The summed E-state index contributed by atoms with van der Waals surface area (Å²) >= 11 is 0. The van der Waals surface area contributed by atoms with Gasteiger partial charge in [-0.15, -0.1) is 0 Å². The van der Waals surface area contributed by atoms with E-state index in [0.29, 0.717) is 30.3 Å². The Morgan fingerprint density at radius 1 is 0.700 bits per heavy atom. The van der Waals surface area contributed by atoms with Crippen molar-refractivity contribution in [3.8, 4) is 22.5 Å². The van der Waals surface area contributed by atoms with Gasteiger partial charge in [0.05, 0.1) is 66.6 Å². The molecule has 2 aliphatic rings. The van der Waals surface area contributed by atoms with Crippen LogP contribution in [0.3, 0.4) is 0 Å². The normalized spacial score (nSPS) is 17.9. The number of hydrogen-bond acceptors (Lipinski definition) is 9. The molecule has 6 heterocycles. The largest absolute Gasteiger partial charge is 0.453 e. The maximum atomic E-state index is 13.7. The molecule has 0 saturated carbocycles. The van der Waals surface area contributed by atoms with Crippen molar-refractivity contribution in [2.75, 3.05) is 27.3 Å². The first-order valence-corrected chi connectivity index (χ1v) is 20.4. The molecule has 8 rings (SSSR count). The van der Waals surface area contributed by atoms with E-state index in [1.54, 1.807) is 26.6 Å². The molecule has 4 aromatic heterocycles. The average Bonchev–Trinajstić information content (AvgIpc) is 4.09. The second-order valence-corrected chi connectivity index (χ2v) is 16.3. The molecule has 2 saturated heterocycles. The predicted octanol–water partition coefficient (Wildman–Crippen LogP) is 5.80. The molecule has 17 nitrogen and oxygen atoms in total. The third kappa shape index (κ3) is 7.32. The molecule has 4 amide bonds. The molecule has 0 aliphatic carbocycles. The van der Waals surface area contributed by atoms with Crippen molar-refractivity contribution in [1.82, 2.24) is 49.8 Å². The number of benzene rings is 2. The predicted molar refractivity (Wildman–Crippen MR) is 224 cm³/mol. The van der Waals surface area contributed by atoms with Gasteiger partial charge in [-0.2, -0.15) is 0 Å². The molecule has 314 valence electrons. The Bertz CT molecular complexity index is 2670. The first-order chi connectivity index (χ1) is 28.9. The lowest BCUT2D eigenvalue weighted by Crippen LogP contribution is -2.51. The number of hydrogen-bond donors (Lipinski definition) is 5. The summed E-state index contributed by atoms with van der Waals surface area (Å²) in [5, 5.41) is 7.10. The minimum absolute atomic E-state index is 0.137. The Morgan fingerprint density at radius 2 is 1.22 bits per heavy atom. The number of aromatic nitrogens is 6. The van der Waals surface area contributed by atoms with Crippen LogP contribution in [0.1, 0.15) is 77.1 Å². The number of nitrogens with one attached hydrogen (secondary N) is 5. The molecule has 17 heteroatoms. The maximum absolute atomic E-state index is 13.7. The summed E-state index contributed by atoms with van der Waals surface area (Å²) in [5.74, 6) is 0.691. The Morgan fingerprint density at radius 3 is 1.73 bits per heavy atom. The van der Waals surface area contributed by atoms with Gasteiger partial charge >= 0.3 is 17.9 Å². The maximum Gasteiger partial charge on any atom is 0.407 e. The van der Waals surface area contributed by atoms with E-state index in [9.17, 15) is 24.0 Å². The number of ether oxygens (including phenoxy) is 2. The van der Waals surface area contributed by atoms with E-state index in [-0.39, 0.29) is 41.4 Å². The summed E-state index contributed by atoms with van der Waals surface area (Å²) in [5.41, 5.74) is 5.10. The van der Waals surface area contributed by atoms with Crippen molar-refractivity contribution in [2.24, 2.45) is 11.8 Å². The highest BCUT2D eigenvalue weighted by atomic mass is 16.5. The highest BCUT2D eigenvalue weighted by Gasteiger charge is 2.39. The third-order valence-electron chi connectivity index (χ3n) is 11.8. The van der Waals surface area contributed by atoms with Crippen molar-refractivity contribution in [3.05, 3.63) is 77.0 Å². The van der Waals surface area contributed by atoms with Gasteiger partial charge in [0.25, 0.3) is 0 Å². The Kier molecular flexibility index (Phi) is 10.8. The number of H-pyrrole nitrogens is 3. The number of carbonyl (C=O) groups is 4. The van der Waals surface area contributed by atoms with Gasteiger partial charge in [-0.3, -0.25) is 14.0 Å². The summed E-state index contributed by atoms with van der Waals surface area (Å²) in [6, 6.07) is 11.8. The summed E-state index contributed by atoms with van der Waals surface area (Å²) in [4.78, 5) is 87.8. The molecule has 60 heavy (non-hydrogen) atoms. The van der Waals surface area contributed by atoms with E-state index in [1.165, 1.54) is 14.2 Å². The lowest BCUT2D eigenvalue weighted by Gasteiger charge is -2.30. The monoisotopic (exact) mass is 818 g/mol. The molecule has 0 bridgehead atoms. The molecule has 1 unspecified atom stereocenters. The molecule has 4 atom stereocenters. The number of rotatable bonds is 10. The summed E-state index contributed by atoms with van der Waals surface area (Å²) in [6.07, 6.45) is 5.28. The van der Waals surface area contributed by atoms with E-state index in [1.807, 2.05) is 70.2 Å². The fourth-order valence-electron chi connectivity index (χ4n) is 8.70. The lowest BCUT2D eigenvalue weighted by atomic mass is 10.0. The number of aromatic amines is 3. The number of nitrogens with zero attached hydrogens (tertiary/aromatic N) is 5. The second kappa shape index (κ2) is 16.2. The van der Waals surface area contributed by atoms with E-state index < -0.39 is 24.3 Å². The topological polar surface area (TPSA) is 212 Å². The van der Waals surface area contributed by atoms with Crippen LogP contribution in [0.5, 0.6) is 0 Å². The van der Waals surface area contributed by atoms with E-state index in [2.05, 4.69) is 30.6 Å².